The summed E-state index contributed by atoms with van der Waals surface area (Å²) >= 11 is 0. The monoisotopic (exact) mass is 410 g/mol. The molecule has 0 aromatic carbocycles. The summed E-state index contributed by atoms with van der Waals surface area (Å²) in [6.45, 7) is 6.80. The number of nitrogens with one attached hydrogen (secondary N) is 2. The maximum Gasteiger partial charge on any atom is 0.191 e. The molecule has 21 heavy (non-hydrogen) atoms. The van der Waals surface area contributed by atoms with Crippen molar-refractivity contribution < 1.29 is 0 Å². The molecule has 126 valence electrons. The number of aliphatic imine (C=N–C) groups is 1. The molecule has 4 nitrogen and oxygen atoms in total. The average Bonchev–Trinajstić information content (AvgIpc) is 2.42. The van der Waals surface area contributed by atoms with E-state index < -0.39 is 0 Å². The van der Waals surface area contributed by atoms with Crippen LogP contribution in [-0.2, 0) is 0 Å². The smallest absolute Gasteiger partial charge is 0.191 e. The Morgan fingerprint density at radius 3 is 2.29 bits per heavy atom. The zero-order chi connectivity index (χ0) is 15.0. The minimum absolute atomic E-state index is 0. The molecule has 0 spiro atoms. The van der Waals surface area contributed by atoms with Gasteiger partial charge in [0.25, 0.3) is 0 Å². The maximum atomic E-state index is 4.33. The van der Waals surface area contributed by atoms with Crippen molar-refractivity contribution in [3.8, 4) is 0 Å². The SMILES string of the molecule is CN=C(NCCCN(C)C)NC1CCC(C(C)C)CC1.I. The van der Waals surface area contributed by atoms with Crippen molar-refractivity contribution >= 4 is 29.9 Å². The zero-order valence-corrected chi connectivity index (χ0v) is 16.8. The summed E-state index contributed by atoms with van der Waals surface area (Å²) in [5.74, 6) is 2.72. The number of hydrogen-bond acceptors (Lipinski definition) is 2. The van der Waals surface area contributed by atoms with Gasteiger partial charge in [0.15, 0.2) is 5.96 Å². The maximum absolute atomic E-state index is 4.33. The Morgan fingerprint density at radius 1 is 1.19 bits per heavy atom. The van der Waals surface area contributed by atoms with Crippen molar-refractivity contribution in [1.82, 2.24) is 15.5 Å². The Labute approximate surface area is 148 Å². The molecule has 1 saturated carbocycles. The molecule has 1 rings (SSSR count). The van der Waals surface area contributed by atoms with Crippen molar-refractivity contribution in [2.75, 3.05) is 34.2 Å². The average molecular weight is 410 g/mol. The highest BCUT2D eigenvalue weighted by atomic mass is 127. The van der Waals surface area contributed by atoms with Crippen LogP contribution >= 0.6 is 24.0 Å². The first-order valence-corrected chi connectivity index (χ1v) is 8.14. The molecule has 1 fully saturated rings. The second kappa shape index (κ2) is 11.5. The van der Waals surface area contributed by atoms with Crippen LogP contribution in [0.3, 0.4) is 0 Å². The number of hydrogen-bond donors (Lipinski definition) is 2. The Kier molecular flexibility index (Phi) is 11.5. The summed E-state index contributed by atoms with van der Waals surface area (Å²) in [7, 11) is 6.08. The van der Waals surface area contributed by atoms with Crippen molar-refractivity contribution in [2.45, 2.75) is 52.0 Å². The van der Waals surface area contributed by atoms with Gasteiger partial charge in [-0.25, -0.2) is 0 Å². The van der Waals surface area contributed by atoms with Crippen LogP contribution in [0.4, 0.5) is 0 Å². The fourth-order valence-corrected chi connectivity index (χ4v) is 2.92. The predicted octanol–water partition coefficient (Wildman–Crippen LogP) is 2.94. The van der Waals surface area contributed by atoms with Crippen LogP contribution in [0.25, 0.3) is 0 Å². The van der Waals surface area contributed by atoms with Crippen LogP contribution in [-0.4, -0.2) is 51.1 Å². The molecule has 0 radical (unpaired) electrons. The van der Waals surface area contributed by atoms with E-state index in [9.17, 15) is 0 Å². The molecular weight excluding hydrogens is 375 g/mol. The topological polar surface area (TPSA) is 39.7 Å². The van der Waals surface area contributed by atoms with E-state index in [0.29, 0.717) is 6.04 Å². The molecule has 0 heterocycles. The van der Waals surface area contributed by atoms with Gasteiger partial charge in [0.2, 0.25) is 0 Å². The van der Waals surface area contributed by atoms with E-state index in [-0.39, 0.29) is 24.0 Å². The van der Waals surface area contributed by atoms with Gasteiger partial charge in [-0.1, -0.05) is 13.8 Å². The molecule has 0 aliphatic heterocycles. The molecule has 1 aliphatic rings. The first-order chi connectivity index (χ1) is 9.52. The lowest BCUT2D eigenvalue weighted by Gasteiger charge is -2.32. The van der Waals surface area contributed by atoms with Crippen molar-refractivity contribution in [3.63, 3.8) is 0 Å². The summed E-state index contributed by atoms with van der Waals surface area (Å²) < 4.78 is 0. The van der Waals surface area contributed by atoms with Crippen molar-refractivity contribution in [3.05, 3.63) is 0 Å². The fraction of sp³-hybridized carbons (Fsp3) is 0.938. The molecule has 1 aliphatic carbocycles. The lowest BCUT2D eigenvalue weighted by Crippen LogP contribution is -2.45. The summed E-state index contributed by atoms with van der Waals surface area (Å²) in [5.41, 5.74) is 0. The molecule has 0 amide bonds. The summed E-state index contributed by atoms with van der Waals surface area (Å²) in [4.78, 5) is 6.55. The molecule has 0 aromatic rings. The van der Waals surface area contributed by atoms with Crippen LogP contribution in [0.2, 0.25) is 0 Å². The van der Waals surface area contributed by atoms with E-state index in [0.717, 1.165) is 37.3 Å². The highest BCUT2D eigenvalue weighted by Crippen LogP contribution is 2.29. The van der Waals surface area contributed by atoms with Crippen LogP contribution in [0.5, 0.6) is 0 Å². The largest absolute Gasteiger partial charge is 0.356 e. The van der Waals surface area contributed by atoms with Gasteiger partial charge in [-0.2, -0.15) is 0 Å². The summed E-state index contributed by atoms with van der Waals surface area (Å²) in [6, 6.07) is 0.602. The molecule has 0 unspecified atom stereocenters. The summed E-state index contributed by atoms with van der Waals surface area (Å²) in [5, 5.41) is 7.00. The first kappa shape index (κ1) is 21.0. The van der Waals surface area contributed by atoms with Crippen LogP contribution in [0.1, 0.15) is 46.0 Å². The lowest BCUT2D eigenvalue weighted by molar-refractivity contribution is 0.250. The number of nitrogens with zero attached hydrogens (tertiary/aromatic N) is 2. The van der Waals surface area contributed by atoms with E-state index >= 15 is 0 Å². The van der Waals surface area contributed by atoms with Gasteiger partial charge in [-0.05, 0) is 64.6 Å². The van der Waals surface area contributed by atoms with Gasteiger partial charge in [0.05, 0.1) is 0 Å². The highest BCUT2D eigenvalue weighted by molar-refractivity contribution is 14.0. The molecule has 2 N–H and O–H groups in total. The Hall–Kier alpha value is -0.0400. The van der Waals surface area contributed by atoms with Crippen LogP contribution in [0, 0.1) is 11.8 Å². The molecule has 0 aromatic heterocycles. The standard InChI is InChI=1S/C16H34N4.HI/c1-13(2)14-7-9-15(10-8-14)19-16(17-3)18-11-6-12-20(4)5;/h13-15H,6-12H2,1-5H3,(H2,17,18,19);1H. The normalized spacial score (nSPS) is 23.1. The Balaban J connectivity index is 0.00000400. The van der Waals surface area contributed by atoms with E-state index in [1.165, 1.54) is 25.7 Å². The third kappa shape index (κ3) is 8.86. The zero-order valence-electron chi connectivity index (χ0n) is 14.5. The Morgan fingerprint density at radius 2 is 1.81 bits per heavy atom. The predicted molar refractivity (Wildman–Crippen MR) is 104 cm³/mol. The van der Waals surface area contributed by atoms with Gasteiger partial charge in [-0.3, -0.25) is 4.99 Å². The van der Waals surface area contributed by atoms with E-state index in [2.05, 4.69) is 48.5 Å². The van der Waals surface area contributed by atoms with Crippen LogP contribution < -0.4 is 10.6 Å². The first-order valence-electron chi connectivity index (χ1n) is 8.14. The third-order valence-electron chi connectivity index (χ3n) is 4.35. The third-order valence-corrected chi connectivity index (χ3v) is 4.35. The van der Waals surface area contributed by atoms with Crippen LogP contribution in [0.15, 0.2) is 4.99 Å². The summed E-state index contributed by atoms with van der Waals surface area (Å²) in [6.07, 6.45) is 6.41. The van der Waals surface area contributed by atoms with Crippen molar-refractivity contribution in [2.24, 2.45) is 16.8 Å². The van der Waals surface area contributed by atoms with E-state index in [1.54, 1.807) is 0 Å². The molecule has 5 heteroatoms. The molecule has 0 saturated heterocycles. The second-order valence-corrected chi connectivity index (χ2v) is 6.66. The fourth-order valence-electron chi connectivity index (χ4n) is 2.92. The quantitative estimate of drug-likeness (QED) is 0.306. The number of halogens is 1. The van der Waals surface area contributed by atoms with Gasteiger partial charge < -0.3 is 15.5 Å². The van der Waals surface area contributed by atoms with E-state index in [1.807, 2.05) is 7.05 Å². The van der Waals surface area contributed by atoms with Crippen molar-refractivity contribution in [1.29, 1.82) is 0 Å². The second-order valence-electron chi connectivity index (χ2n) is 6.66. The van der Waals surface area contributed by atoms with Gasteiger partial charge in [-0.15, -0.1) is 24.0 Å². The van der Waals surface area contributed by atoms with E-state index in [4.69, 9.17) is 0 Å². The molecule has 0 bridgehead atoms. The highest BCUT2D eigenvalue weighted by Gasteiger charge is 2.23. The number of guanidine groups is 1. The number of rotatable bonds is 6. The van der Waals surface area contributed by atoms with Gasteiger partial charge >= 0.3 is 0 Å². The molecule has 0 atom stereocenters. The lowest BCUT2D eigenvalue weighted by atomic mass is 9.80. The van der Waals surface area contributed by atoms with Gasteiger partial charge in [0, 0.05) is 19.6 Å². The minimum atomic E-state index is 0. The van der Waals surface area contributed by atoms with Gasteiger partial charge in [0.1, 0.15) is 0 Å². The minimum Gasteiger partial charge on any atom is -0.356 e. The molecular formula is C16H35IN4. The Bertz CT molecular complexity index is 284.